The van der Waals surface area contributed by atoms with Crippen LogP contribution in [0.25, 0.3) is 0 Å². The monoisotopic (exact) mass is 338 g/mol. The van der Waals surface area contributed by atoms with Crippen LogP contribution in [-0.2, 0) is 14.6 Å². The van der Waals surface area contributed by atoms with Crippen molar-refractivity contribution in [2.24, 2.45) is 0 Å². The zero-order chi connectivity index (χ0) is 16.9. The van der Waals surface area contributed by atoms with Crippen molar-refractivity contribution in [2.75, 3.05) is 33.8 Å². The van der Waals surface area contributed by atoms with Gasteiger partial charge in [-0.15, -0.1) is 0 Å². The van der Waals surface area contributed by atoms with Gasteiger partial charge in [-0.05, 0) is 12.8 Å². The lowest BCUT2D eigenvalue weighted by Crippen LogP contribution is -2.41. The summed E-state index contributed by atoms with van der Waals surface area (Å²) in [7, 11) is 0.0173. The van der Waals surface area contributed by atoms with Crippen molar-refractivity contribution in [3.05, 3.63) is 0 Å². The highest BCUT2D eigenvalue weighted by Crippen LogP contribution is 2.11. The molecule has 0 atom stereocenters. The number of unbranched alkanes of at least 4 members (excludes halogenated alkanes) is 8. The van der Waals surface area contributed by atoms with Crippen LogP contribution >= 0.6 is 0 Å². The average Bonchev–Trinajstić information content (AvgIpc) is 2.41. The molecule has 0 aliphatic heterocycles. The second-order valence-electron chi connectivity index (χ2n) is 6.81. The maximum atomic E-state index is 10.4. The molecule has 0 aliphatic carbocycles. The first-order valence-corrected chi connectivity index (χ1v) is 10.1. The van der Waals surface area contributed by atoms with E-state index in [0.717, 1.165) is 17.6 Å². The predicted octanol–water partition coefficient (Wildman–Crippen LogP) is 3.80. The highest BCUT2D eigenvalue weighted by atomic mass is 32.3. The molecule has 0 saturated carbocycles. The second kappa shape index (κ2) is 12.3. The molecule has 0 bridgehead atoms. The van der Waals surface area contributed by atoms with Crippen LogP contribution in [0.1, 0.15) is 71.1 Å². The van der Waals surface area contributed by atoms with Gasteiger partial charge in [0.2, 0.25) is 0 Å². The van der Waals surface area contributed by atoms with Crippen LogP contribution in [-0.4, -0.2) is 51.2 Å². The molecule has 22 heavy (non-hydrogen) atoms. The fourth-order valence-electron chi connectivity index (χ4n) is 2.62. The Bertz CT molecular complexity index is 355. The van der Waals surface area contributed by atoms with Crippen LogP contribution in [0.2, 0.25) is 0 Å². The highest BCUT2D eigenvalue weighted by Gasteiger charge is 2.14. The maximum absolute atomic E-state index is 10.4. The number of hydrogen-bond donors (Lipinski definition) is 1. The fourth-order valence-corrected chi connectivity index (χ4v) is 2.95. The van der Waals surface area contributed by atoms with Gasteiger partial charge < -0.3 is 4.48 Å². The predicted molar refractivity (Wildman–Crippen MR) is 91.2 cm³/mol. The van der Waals surface area contributed by atoms with Gasteiger partial charge in [0.15, 0.2) is 0 Å². The summed E-state index contributed by atoms with van der Waals surface area (Å²) in [6.07, 6.45) is 12.6. The molecule has 0 spiro atoms. The van der Waals surface area contributed by atoms with Crippen molar-refractivity contribution in [1.82, 2.24) is 0 Å². The van der Waals surface area contributed by atoms with E-state index in [9.17, 15) is 8.42 Å². The van der Waals surface area contributed by atoms with E-state index in [1.165, 1.54) is 57.8 Å². The molecule has 0 aromatic heterocycles. The number of hydrogen-bond acceptors (Lipinski definition) is 3. The summed E-state index contributed by atoms with van der Waals surface area (Å²) in [6, 6.07) is 0. The molecule has 0 aliphatic rings. The molecule has 5 nitrogen and oxygen atoms in total. The summed E-state index contributed by atoms with van der Waals surface area (Å²) in [6.45, 7) is 4.25. The molecule has 0 radical (unpaired) electrons. The van der Waals surface area contributed by atoms with Crippen molar-refractivity contribution in [3.63, 3.8) is 0 Å². The van der Waals surface area contributed by atoms with E-state index in [0.29, 0.717) is 6.42 Å². The van der Waals surface area contributed by atoms with Gasteiger partial charge in [-0.25, -0.2) is 4.18 Å². The summed E-state index contributed by atoms with van der Waals surface area (Å²) >= 11 is 0. The Morgan fingerprint density at radius 2 is 1.27 bits per heavy atom. The molecule has 0 rings (SSSR count). The Morgan fingerprint density at radius 3 is 1.77 bits per heavy atom. The van der Waals surface area contributed by atoms with Crippen LogP contribution in [0.3, 0.4) is 0 Å². The Kier molecular flexibility index (Phi) is 12.2. The molecule has 0 fully saturated rings. The molecule has 134 valence electrons. The second-order valence-corrected chi connectivity index (χ2v) is 7.91. The smallest absolute Gasteiger partial charge is 0.328 e. The first-order valence-electron chi connectivity index (χ1n) is 8.71. The lowest BCUT2D eigenvalue weighted by molar-refractivity contribution is -0.890. The molecule has 0 aromatic carbocycles. The molecule has 1 N–H and O–H groups in total. The number of quaternary nitrogens is 1. The first kappa shape index (κ1) is 21.8. The van der Waals surface area contributed by atoms with Crippen molar-refractivity contribution in [1.29, 1.82) is 0 Å². The van der Waals surface area contributed by atoms with E-state index < -0.39 is 10.4 Å². The standard InChI is InChI=1S/C16H35NO4S/c1-4-5-6-7-8-9-10-11-12-14-17(2,3)15-13-16-21-22(18,19)20/h4-16H2,1-3H3/p+1. The van der Waals surface area contributed by atoms with Crippen LogP contribution in [0.4, 0.5) is 0 Å². The molecule has 0 heterocycles. The molecule has 0 saturated heterocycles. The lowest BCUT2D eigenvalue weighted by Gasteiger charge is -2.29. The van der Waals surface area contributed by atoms with Gasteiger partial charge >= 0.3 is 10.4 Å². The van der Waals surface area contributed by atoms with E-state index in [2.05, 4.69) is 25.2 Å². The van der Waals surface area contributed by atoms with Gasteiger partial charge in [0.05, 0.1) is 33.8 Å². The van der Waals surface area contributed by atoms with Crippen LogP contribution in [0.15, 0.2) is 0 Å². The molecule has 6 heteroatoms. The average molecular weight is 339 g/mol. The van der Waals surface area contributed by atoms with Gasteiger partial charge in [0.25, 0.3) is 0 Å². The fraction of sp³-hybridized carbons (Fsp3) is 1.00. The van der Waals surface area contributed by atoms with Gasteiger partial charge in [-0.3, -0.25) is 4.55 Å². The van der Waals surface area contributed by atoms with Crippen molar-refractivity contribution >= 4 is 10.4 Å². The molecule has 0 amide bonds. The maximum Gasteiger partial charge on any atom is 0.397 e. The SMILES string of the molecule is CCCCCCCCCCC[N+](C)(C)CCCOS(=O)(=O)O. The Morgan fingerprint density at radius 1 is 0.818 bits per heavy atom. The third-order valence-corrected chi connectivity index (χ3v) is 4.47. The summed E-state index contributed by atoms with van der Waals surface area (Å²) < 4.78 is 34.6. The minimum atomic E-state index is -4.28. The van der Waals surface area contributed by atoms with E-state index >= 15 is 0 Å². The highest BCUT2D eigenvalue weighted by molar-refractivity contribution is 7.80. The van der Waals surface area contributed by atoms with Crippen LogP contribution < -0.4 is 0 Å². The molecular formula is C16H36NO4S+. The van der Waals surface area contributed by atoms with Crippen LogP contribution in [0, 0.1) is 0 Å². The summed E-state index contributed by atoms with van der Waals surface area (Å²) in [5.74, 6) is 0. The minimum Gasteiger partial charge on any atom is -0.328 e. The molecule has 0 unspecified atom stereocenters. The normalized spacial score (nSPS) is 12.7. The molecule has 0 aromatic rings. The Hall–Kier alpha value is -0.170. The van der Waals surface area contributed by atoms with Crippen LogP contribution in [0.5, 0.6) is 0 Å². The Balaban J connectivity index is 3.47. The van der Waals surface area contributed by atoms with Crippen molar-refractivity contribution in [3.8, 4) is 0 Å². The quantitative estimate of drug-likeness (QED) is 0.280. The van der Waals surface area contributed by atoms with E-state index in [4.69, 9.17) is 4.55 Å². The topological polar surface area (TPSA) is 63.6 Å². The zero-order valence-electron chi connectivity index (χ0n) is 14.7. The van der Waals surface area contributed by atoms with Gasteiger partial charge in [0, 0.05) is 6.42 Å². The van der Waals surface area contributed by atoms with E-state index in [1.807, 2.05) is 0 Å². The van der Waals surface area contributed by atoms with Gasteiger partial charge in [0.1, 0.15) is 0 Å². The third-order valence-electron chi connectivity index (χ3n) is 4.01. The van der Waals surface area contributed by atoms with Gasteiger partial charge in [-0.2, -0.15) is 8.42 Å². The summed E-state index contributed by atoms with van der Waals surface area (Å²) in [4.78, 5) is 0. The third kappa shape index (κ3) is 16.2. The lowest BCUT2D eigenvalue weighted by atomic mass is 10.1. The van der Waals surface area contributed by atoms with Gasteiger partial charge in [-0.1, -0.05) is 51.9 Å². The zero-order valence-corrected chi connectivity index (χ0v) is 15.5. The molecular weight excluding hydrogens is 302 g/mol. The largest absolute Gasteiger partial charge is 0.397 e. The number of nitrogens with zero attached hydrogens (tertiary/aromatic N) is 1. The Labute approximate surface area is 137 Å². The summed E-state index contributed by atoms with van der Waals surface area (Å²) in [5, 5.41) is 0. The van der Waals surface area contributed by atoms with E-state index in [-0.39, 0.29) is 6.61 Å². The van der Waals surface area contributed by atoms with E-state index in [1.54, 1.807) is 0 Å². The van der Waals surface area contributed by atoms with Crippen molar-refractivity contribution < 1.29 is 21.6 Å². The number of rotatable bonds is 15. The summed E-state index contributed by atoms with van der Waals surface area (Å²) in [5.41, 5.74) is 0. The minimum absolute atomic E-state index is 0.0538. The van der Waals surface area contributed by atoms with Crippen molar-refractivity contribution in [2.45, 2.75) is 71.1 Å². The first-order chi connectivity index (χ1) is 10.3.